The maximum atomic E-state index is 5.50. The van der Waals surface area contributed by atoms with E-state index < -0.39 is 0 Å². The predicted octanol–water partition coefficient (Wildman–Crippen LogP) is 2.86. The van der Waals surface area contributed by atoms with Crippen molar-refractivity contribution in [2.24, 2.45) is 0 Å². The first kappa shape index (κ1) is 21.9. The van der Waals surface area contributed by atoms with Crippen LogP contribution in [0.3, 0.4) is 0 Å². The monoisotopic (exact) mass is 450 g/mol. The number of ether oxygens (including phenoxy) is 1. The minimum atomic E-state index is 0.327. The van der Waals surface area contributed by atoms with Gasteiger partial charge in [-0.15, -0.1) is 0 Å². The zero-order chi connectivity index (χ0) is 22.6. The molecule has 0 atom stereocenters. The number of anilines is 3. The number of piperazine rings is 1. The molecule has 0 unspecified atom stereocenters. The smallest absolute Gasteiger partial charge is 0.229 e. The summed E-state index contributed by atoms with van der Waals surface area (Å²) in [5, 5.41) is 15.1. The normalized spacial score (nSPS) is 17.6. The second-order valence-electron chi connectivity index (χ2n) is 9.11. The van der Waals surface area contributed by atoms with Gasteiger partial charge >= 0.3 is 0 Å². The Morgan fingerprint density at radius 1 is 1.12 bits per heavy atom. The zero-order valence-electron chi connectivity index (χ0n) is 19.5. The van der Waals surface area contributed by atoms with Crippen molar-refractivity contribution in [3.8, 4) is 0 Å². The van der Waals surface area contributed by atoms with Crippen LogP contribution in [-0.2, 0) is 11.3 Å². The maximum absolute atomic E-state index is 5.50. The number of nitrogens with one attached hydrogen (secondary N) is 3. The maximum Gasteiger partial charge on any atom is 0.229 e. The summed E-state index contributed by atoms with van der Waals surface area (Å²) in [4.78, 5) is 12.1. The summed E-state index contributed by atoms with van der Waals surface area (Å²) < 4.78 is 7.33. The fraction of sp³-hybridized carbons (Fsp3) is 0.542. The number of rotatable bonds is 7. The predicted molar refractivity (Wildman–Crippen MR) is 131 cm³/mol. The summed E-state index contributed by atoms with van der Waals surface area (Å²) in [6.07, 6.45) is 3.84. The summed E-state index contributed by atoms with van der Waals surface area (Å²) in [5.74, 6) is 1.68. The Morgan fingerprint density at radius 3 is 2.70 bits per heavy atom. The van der Waals surface area contributed by atoms with Crippen LogP contribution in [0.1, 0.15) is 43.7 Å². The van der Waals surface area contributed by atoms with Gasteiger partial charge in [-0.1, -0.05) is 32.0 Å². The molecule has 0 bridgehead atoms. The molecule has 3 aromatic rings. The Bertz CT molecular complexity index is 1070. The molecular formula is C24H34N8O. The average molecular weight is 451 g/mol. The number of nitrogens with zero attached hydrogens (tertiary/aromatic N) is 5. The molecule has 5 rings (SSSR count). The van der Waals surface area contributed by atoms with Crippen LogP contribution in [-0.4, -0.2) is 65.0 Å². The van der Waals surface area contributed by atoms with Crippen LogP contribution < -0.4 is 20.9 Å². The van der Waals surface area contributed by atoms with Crippen LogP contribution in [0.5, 0.6) is 0 Å². The van der Waals surface area contributed by atoms with Gasteiger partial charge in [0, 0.05) is 63.2 Å². The second kappa shape index (κ2) is 9.93. The van der Waals surface area contributed by atoms with Crippen LogP contribution in [0.15, 0.2) is 30.5 Å². The van der Waals surface area contributed by atoms with Crippen molar-refractivity contribution < 1.29 is 4.74 Å². The van der Waals surface area contributed by atoms with Crippen LogP contribution in [0.25, 0.3) is 5.65 Å². The molecule has 3 N–H and O–H groups in total. The lowest BCUT2D eigenvalue weighted by molar-refractivity contribution is 0.0903. The summed E-state index contributed by atoms with van der Waals surface area (Å²) in [6.45, 7) is 10.6. The molecule has 2 saturated heterocycles. The largest absolute Gasteiger partial charge is 0.381 e. The van der Waals surface area contributed by atoms with Crippen LogP contribution in [0.4, 0.5) is 17.6 Å². The number of hydrogen-bond donors (Lipinski definition) is 3. The molecule has 176 valence electrons. The molecule has 9 heteroatoms. The molecule has 2 fully saturated rings. The van der Waals surface area contributed by atoms with Gasteiger partial charge in [0.15, 0.2) is 5.65 Å². The third kappa shape index (κ3) is 4.89. The van der Waals surface area contributed by atoms with Crippen LogP contribution >= 0.6 is 0 Å². The van der Waals surface area contributed by atoms with Gasteiger partial charge in [-0.05, 0) is 30.4 Å². The number of fused-ring (bicyclic) bond motifs is 1. The van der Waals surface area contributed by atoms with E-state index in [4.69, 9.17) is 14.7 Å². The summed E-state index contributed by atoms with van der Waals surface area (Å²) in [5.41, 5.74) is 4.51. The van der Waals surface area contributed by atoms with E-state index in [1.807, 2.05) is 10.7 Å². The van der Waals surface area contributed by atoms with E-state index in [9.17, 15) is 0 Å². The molecule has 1 aromatic carbocycles. The van der Waals surface area contributed by atoms with E-state index in [0.29, 0.717) is 30.4 Å². The first-order chi connectivity index (χ1) is 16.2. The Kier molecular flexibility index (Phi) is 6.59. The molecule has 4 heterocycles. The highest BCUT2D eigenvalue weighted by molar-refractivity contribution is 5.58. The Morgan fingerprint density at radius 2 is 1.91 bits per heavy atom. The van der Waals surface area contributed by atoms with E-state index in [0.717, 1.165) is 63.4 Å². The molecule has 0 spiro atoms. The van der Waals surface area contributed by atoms with Gasteiger partial charge in [0.1, 0.15) is 0 Å². The summed E-state index contributed by atoms with van der Waals surface area (Å²) in [6, 6.07) is 8.93. The van der Waals surface area contributed by atoms with E-state index in [-0.39, 0.29) is 0 Å². The van der Waals surface area contributed by atoms with Crippen molar-refractivity contribution in [1.29, 1.82) is 0 Å². The lowest BCUT2D eigenvalue weighted by Crippen LogP contribution is -2.43. The Balaban J connectivity index is 1.42. The molecule has 0 radical (unpaired) electrons. The third-order valence-electron chi connectivity index (χ3n) is 6.46. The molecule has 0 amide bonds. The fourth-order valence-corrected chi connectivity index (χ4v) is 4.55. The first-order valence-electron chi connectivity index (χ1n) is 12.1. The summed E-state index contributed by atoms with van der Waals surface area (Å²) >= 11 is 0. The van der Waals surface area contributed by atoms with Gasteiger partial charge in [0.25, 0.3) is 0 Å². The summed E-state index contributed by atoms with van der Waals surface area (Å²) in [7, 11) is 0. The minimum absolute atomic E-state index is 0.327. The van der Waals surface area contributed by atoms with Gasteiger partial charge in [-0.3, -0.25) is 0 Å². The lowest BCUT2D eigenvalue weighted by Gasteiger charge is -2.31. The molecule has 2 aliphatic rings. The van der Waals surface area contributed by atoms with Gasteiger partial charge < -0.3 is 25.6 Å². The zero-order valence-corrected chi connectivity index (χ0v) is 19.5. The van der Waals surface area contributed by atoms with Crippen molar-refractivity contribution in [3.05, 3.63) is 41.6 Å². The van der Waals surface area contributed by atoms with E-state index in [1.165, 1.54) is 11.3 Å². The first-order valence-corrected chi connectivity index (χ1v) is 12.1. The third-order valence-corrected chi connectivity index (χ3v) is 6.46. The number of hydrogen-bond acceptors (Lipinski definition) is 8. The van der Waals surface area contributed by atoms with Crippen LogP contribution in [0, 0.1) is 0 Å². The molecular weight excluding hydrogens is 416 g/mol. The molecule has 0 saturated carbocycles. The second-order valence-corrected chi connectivity index (χ2v) is 9.11. The van der Waals surface area contributed by atoms with Gasteiger partial charge in [-0.2, -0.15) is 19.6 Å². The van der Waals surface area contributed by atoms with E-state index >= 15 is 0 Å². The minimum Gasteiger partial charge on any atom is -0.381 e. The SMILES string of the molecule is CC(C)c1cnn2c(NCc3ccccc3N3CCNCC3)nc(NC3CCOCC3)nc12. The number of para-hydroxylation sites is 1. The molecule has 2 aromatic heterocycles. The Labute approximate surface area is 194 Å². The standard InChI is InChI=1S/C24H34N8O/c1-17(2)20-16-27-32-22(20)29-23(28-19-7-13-33-14-8-19)30-24(32)26-15-18-5-3-4-6-21(18)31-11-9-25-10-12-31/h3-6,16-17,19,25H,7-15H2,1-2H3,(H2,26,28,29,30). The molecule has 33 heavy (non-hydrogen) atoms. The van der Waals surface area contributed by atoms with Crippen LogP contribution in [0.2, 0.25) is 0 Å². The van der Waals surface area contributed by atoms with Crippen molar-refractivity contribution in [2.45, 2.75) is 45.2 Å². The van der Waals surface area contributed by atoms with Crippen molar-refractivity contribution >= 4 is 23.2 Å². The van der Waals surface area contributed by atoms with Gasteiger partial charge in [-0.25, -0.2) is 0 Å². The topological polar surface area (TPSA) is 91.6 Å². The van der Waals surface area contributed by atoms with E-state index in [2.05, 4.69) is 64.1 Å². The highest BCUT2D eigenvalue weighted by atomic mass is 16.5. The van der Waals surface area contributed by atoms with Crippen molar-refractivity contribution in [2.75, 3.05) is 54.9 Å². The lowest BCUT2D eigenvalue weighted by atomic mass is 10.1. The molecule has 2 aliphatic heterocycles. The molecule has 9 nitrogen and oxygen atoms in total. The van der Waals surface area contributed by atoms with Gasteiger partial charge in [0.05, 0.1) is 6.20 Å². The van der Waals surface area contributed by atoms with Gasteiger partial charge in [0.2, 0.25) is 11.9 Å². The fourth-order valence-electron chi connectivity index (χ4n) is 4.55. The number of aromatic nitrogens is 4. The number of benzene rings is 1. The van der Waals surface area contributed by atoms with Crippen molar-refractivity contribution in [3.63, 3.8) is 0 Å². The highest BCUT2D eigenvalue weighted by Gasteiger charge is 2.19. The quantitative estimate of drug-likeness (QED) is 0.506. The van der Waals surface area contributed by atoms with Crippen molar-refractivity contribution in [1.82, 2.24) is 24.9 Å². The highest BCUT2D eigenvalue weighted by Crippen LogP contribution is 2.25. The Hall–Kier alpha value is -2.91. The average Bonchev–Trinajstić information content (AvgIpc) is 3.28. The molecule has 0 aliphatic carbocycles. The van der Waals surface area contributed by atoms with E-state index in [1.54, 1.807) is 0 Å².